The fourth-order valence-electron chi connectivity index (χ4n) is 3.39. The number of rotatable bonds is 6. The second-order valence-corrected chi connectivity index (χ2v) is 6.31. The Morgan fingerprint density at radius 3 is 2.68 bits per heavy atom. The summed E-state index contributed by atoms with van der Waals surface area (Å²) in [5.74, 6) is 0.309. The molecule has 138 valence electrons. The Hall–Kier alpha value is -1.52. The molecule has 0 radical (unpaired) electrons. The van der Waals surface area contributed by atoms with Gasteiger partial charge in [-0.1, -0.05) is 30.3 Å². The lowest BCUT2D eigenvalue weighted by atomic mass is 9.98. The lowest BCUT2D eigenvalue weighted by Crippen LogP contribution is -2.44. The summed E-state index contributed by atoms with van der Waals surface area (Å²) in [7, 11) is 0. The highest BCUT2D eigenvalue weighted by Crippen LogP contribution is 2.21. The minimum Gasteiger partial charge on any atom is -0.340 e. The first kappa shape index (κ1) is 21.5. The Morgan fingerprint density at radius 2 is 1.96 bits per heavy atom. The van der Waals surface area contributed by atoms with E-state index in [1.54, 1.807) is 0 Å². The van der Waals surface area contributed by atoms with Gasteiger partial charge in [0, 0.05) is 37.9 Å². The molecule has 0 N–H and O–H groups in total. The Morgan fingerprint density at radius 1 is 1.16 bits per heavy atom. The van der Waals surface area contributed by atoms with Crippen LogP contribution in [0.4, 0.5) is 0 Å². The smallest absolute Gasteiger partial charge is 0.223 e. The average molecular weight is 384 g/mol. The van der Waals surface area contributed by atoms with Crippen molar-refractivity contribution in [3.05, 3.63) is 54.6 Å². The van der Waals surface area contributed by atoms with Crippen LogP contribution in [0.3, 0.4) is 0 Å². The first-order valence-electron chi connectivity index (χ1n) is 8.62. The topological polar surface area (TPSA) is 38.1 Å². The zero-order chi connectivity index (χ0) is 15.9. The molecule has 0 saturated carbocycles. The van der Waals surface area contributed by atoms with Crippen LogP contribution in [0.1, 0.15) is 37.7 Å². The van der Waals surface area contributed by atoms with E-state index in [2.05, 4.69) is 26.6 Å². The van der Waals surface area contributed by atoms with E-state index in [0.29, 0.717) is 18.4 Å². The van der Waals surface area contributed by atoms with E-state index in [-0.39, 0.29) is 24.8 Å². The van der Waals surface area contributed by atoms with Crippen LogP contribution in [-0.2, 0) is 17.8 Å². The van der Waals surface area contributed by atoms with Gasteiger partial charge in [0.25, 0.3) is 0 Å². The summed E-state index contributed by atoms with van der Waals surface area (Å²) < 4.78 is 2.10. The number of benzene rings is 1. The van der Waals surface area contributed by atoms with Gasteiger partial charge in [-0.05, 0) is 37.7 Å². The molecule has 1 atom stereocenters. The lowest BCUT2D eigenvalue weighted by molar-refractivity contribution is -0.135. The summed E-state index contributed by atoms with van der Waals surface area (Å²) in [6.45, 7) is 1.86. The maximum atomic E-state index is 12.6. The van der Waals surface area contributed by atoms with Crippen LogP contribution in [0.5, 0.6) is 0 Å². The van der Waals surface area contributed by atoms with E-state index in [4.69, 9.17) is 0 Å². The van der Waals surface area contributed by atoms with Crippen molar-refractivity contribution in [3.63, 3.8) is 0 Å². The monoisotopic (exact) mass is 383 g/mol. The molecule has 1 aliphatic heterocycles. The molecule has 1 aromatic heterocycles. The summed E-state index contributed by atoms with van der Waals surface area (Å²) in [6.07, 6.45) is 11.6. The third kappa shape index (κ3) is 6.37. The Balaban J connectivity index is 0.00000156. The minimum atomic E-state index is 0. The predicted molar refractivity (Wildman–Crippen MR) is 105 cm³/mol. The molecular weight excluding hydrogens is 357 g/mol. The maximum Gasteiger partial charge on any atom is 0.223 e. The number of carbonyl (C=O) groups excluding carboxylic acids is 1. The third-order valence-corrected chi connectivity index (χ3v) is 4.70. The third-order valence-electron chi connectivity index (χ3n) is 4.70. The van der Waals surface area contributed by atoms with E-state index >= 15 is 0 Å². The highest BCUT2D eigenvalue weighted by atomic mass is 35.5. The molecular formula is C19H27Cl2N3O. The van der Waals surface area contributed by atoms with E-state index in [1.807, 2.05) is 36.9 Å². The molecule has 2 aromatic rings. The highest BCUT2D eigenvalue weighted by molar-refractivity contribution is 5.85. The zero-order valence-electron chi connectivity index (χ0n) is 14.4. The molecule has 0 bridgehead atoms. The number of nitrogens with zero attached hydrogens (tertiary/aromatic N) is 3. The van der Waals surface area contributed by atoms with Crippen LogP contribution in [0.15, 0.2) is 49.1 Å². The molecule has 1 fully saturated rings. The number of halogens is 2. The first-order chi connectivity index (χ1) is 11.3. The van der Waals surface area contributed by atoms with Gasteiger partial charge in [-0.3, -0.25) is 4.79 Å². The standard InChI is InChI=1S/C19H25N3O.2ClH/c23-19(10-9-17-6-2-1-3-7-17)22-13-5-4-8-18(22)11-14-21-15-12-20-16-21;;/h1-3,6-7,12,15-16,18H,4-5,8-11,13-14H2;2*1H. The molecule has 1 aliphatic rings. The molecule has 3 rings (SSSR count). The molecule has 2 heterocycles. The highest BCUT2D eigenvalue weighted by Gasteiger charge is 2.25. The number of imidazole rings is 1. The summed E-state index contributed by atoms with van der Waals surface area (Å²) in [5.41, 5.74) is 1.24. The Bertz CT molecular complexity index is 604. The summed E-state index contributed by atoms with van der Waals surface area (Å²) in [6, 6.07) is 10.7. The van der Waals surface area contributed by atoms with Gasteiger partial charge in [0.1, 0.15) is 0 Å². The largest absolute Gasteiger partial charge is 0.340 e. The first-order valence-corrected chi connectivity index (χ1v) is 8.62. The molecule has 1 aromatic carbocycles. The second-order valence-electron chi connectivity index (χ2n) is 6.31. The predicted octanol–water partition coefficient (Wildman–Crippen LogP) is 4.13. The number of amides is 1. The zero-order valence-corrected chi connectivity index (χ0v) is 16.1. The number of hydrogen-bond acceptors (Lipinski definition) is 2. The van der Waals surface area contributed by atoms with Gasteiger partial charge in [0.15, 0.2) is 0 Å². The van der Waals surface area contributed by atoms with Gasteiger partial charge in [-0.15, -0.1) is 24.8 Å². The molecule has 6 heteroatoms. The van der Waals surface area contributed by atoms with Gasteiger partial charge in [0.05, 0.1) is 6.33 Å². The molecule has 4 nitrogen and oxygen atoms in total. The summed E-state index contributed by atoms with van der Waals surface area (Å²) in [4.78, 5) is 18.9. The van der Waals surface area contributed by atoms with Crippen LogP contribution in [0.2, 0.25) is 0 Å². The number of carbonyl (C=O) groups is 1. The SMILES string of the molecule is Cl.Cl.O=C(CCc1ccccc1)N1CCCCC1CCn1ccnc1. The van der Waals surface area contributed by atoms with Crippen molar-refractivity contribution in [2.24, 2.45) is 0 Å². The minimum absolute atomic E-state index is 0. The molecule has 1 unspecified atom stereocenters. The van der Waals surface area contributed by atoms with Crippen molar-refractivity contribution >= 4 is 30.7 Å². The van der Waals surface area contributed by atoms with Crippen molar-refractivity contribution in [1.29, 1.82) is 0 Å². The number of hydrogen-bond donors (Lipinski definition) is 0. The Labute approximate surface area is 162 Å². The molecule has 25 heavy (non-hydrogen) atoms. The molecule has 0 aliphatic carbocycles. The van der Waals surface area contributed by atoms with Gasteiger partial charge in [-0.2, -0.15) is 0 Å². The fraction of sp³-hybridized carbons (Fsp3) is 0.474. The number of piperidine rings is 1. The quantitative estimate of drug-likeness (QED) is 0.751. The van der Waals surface area contributed by atoms with Crippen molar-refractivity contribution in [2.75, 3.05) is 6.54 Å². The summed E-state index contributed by atoms with van der Waals surface area (Å²) >= 11 is 0. The fourth-order valence-corrected chi connectivity index (χ4v) is 3.39. The van der Waals surface area contributed by atoms with Crippen LogP contribution in [-0.4, -0.2) is 32.9 Å². The Kier molecular flexibility index (Phi) is 9.61. The van der Waals surface area contributed by atoms with Crippen molar-refractivity contribution in [3.8, 4) is 0 Å². The second kappa shape index (κ2) is 11.2. The average Bonchev–Trinajstić information content (AvgIpc) is 3.12. The summed E-state index contributed by atoms with van der Waals surface area (Å²) in [5, 5.41) is 0. The van der Waals surface area contributed by atoms with E-state index in [0.717, 1.165) is 38.8 Å². The van der Waals surface area contributed by atoms with Crippen LogP contribution in [0.25, 0.3) is 0 Å². The van der Waals surface area contributed by atoms with Gasteiger partial charge in [0.2, 0.25) is 5.91 Å². The number of aryl methyl sites for hydroxylation is 2. The van der Waals surface area contributed by atoms with Crippen LogP contribution < -0.4 is 0 Å². The van der Waals surface area contributed by atoms with Gasteiger partial charge in [-0.25, -0.2) is 4.98 Å². The lowest BCUT2D eigenvalue weighted by Gasteiger charge is -2.36. The van der Waals surface area contributed by atoms with Crippen molar-refractivity contribution in [1.82, 2.24) is 14.5 Å². The number of likely N-dealkylation sites (tertiary alicyclic amines) is 1. The molecule has 0 spiro atoms. The number of aromatic nitrogens is 2. The van der Waals surface area contributed by atoms with Crippen molar-refractivity contribution in [2.45, 2.75) is 51.1 Å². The van der Waals surface area contributed by atoms with E-state index in [9.17, 15) is 4.79 Å². The van der Waals surface area contributed by atoms with E-state index < -0.39 is 0 Å². The molecule has 1 amide bonds. The van der Waals surface area contributed by atoms with E-state index in [1.165, 1.54) is 12.0 Å². The van der Waals surface area contributed by atoms with Gasteiger partial charge < -0.3 is 9.47 Å². The van der Waals surface area contributed by atoms with Gasteiger partial charge >= 0.3 is 0 Å². The van der Waals surface area contributed by atoms with Crippen molar-refractivity contribution < 1.29 is 4.79 Å². The van der Waals surface area contributed by atoms with Crippen LogP contribution >= 0.6 is 24.8 Å². The normalized spacial score (nSPS) is 16.6. The maximum absolute atomic E-state index is 12.6. The molecule has 1 saturated heterocycles. The van der Waals surface area contributed by atoms with Crippen LogP contribution in [0, 0.1) is 0 Å².